The molecule has 2 rings (SSSR count). The predicted molar refractivity (Wildman–Crippen MR) is 79.2 cm³/mol. The maximum atomic E-state index is 12.0. The number of H-pyrrole nitrogens is 1. The van der Waals surface area contributed by atoms with Gasteiger partial charge in [-0.3, -0.25) is 9.59 Å². The number of carbonyl (C=O) groups is 3. The van der Waals surface area contributed by atoms with Gasteiger partial charge in [-0.1, -0.05) is 0 Å². The summed E-state index contributed by atoms with van der Waals surface area (Å²) in [5.41, 5.74) is 2.16. The minimum atomic E-state index is -0.592. The Labute approximate surface area is 125 Å². The Balaban J connectivity index is 1.99. The summed E-state index contributed by atoms with van der Waals surface area (Å²) in [5.74, 6) is -0.951. The Morgan fingerprint density at radius 2 is 1.86 bits per heavy atom. The summed E-state index contributed by atoms with van der Waals surface area (Å²) in [6, 6.07) is 4.83. The maximum absolute atomic E-state index is 12.0. The van der Waals surface area contributed by atoms with Gasteiger partial charge in [-0.25, -0.2) is 4.79 Å². The molecule has 110 valence electrons. The van der Waals surface area contributed by atoms with Crippen molar-refractivity contribution in [2.45, 2.75) is 20.8 Å². The first-order chi connectivity index (χ1) is 9.88. The minimum Gasteiger partial charge on any atom is -0.453 e. The zero-order valence-electron chi connectivity index (χ0n) is 12.0. The molecule has 0 amide bonds. The van der Waals surface area contributed by atoms with Crippen molar-refractivity contribution in [2.24, 2.45) is 0 Å². The number of rotatable bonds is 5. The van der Waals surface area contributed by atoms with E-state index in [1.165, 1.54) is 13.0 Å². The van der Waals surface area contributed by atoms with Crippen LogP contribution in [0.3, 0.4) is 0 Å². The molecule has 21 heavy (non-hydrogen) atoms. The first kappa shape index (κ1) is 15.2. The summed E-state index contributed by atoms with van der Waals surface area (Å²) in [5, 5.41) is 0. The molecular formula is C15H15NO4S. The van der Waals surface area contributed by atoms with Crippen LogP contribution in [0.5, 0.6) is 0 Å². The summed E-state index contributed by atoms with van der Waals surface area (Å²) < 4.78 is 5.00. The van der Waals surface area contributed by atoms with Gasteiger partial charge in [0.1, 0.15) is 4.88 Å². The summed E-state index contributed by atoms with van der Waals surface area (Å²) in [6.07, 6.45) is 0. The van der Waals surface area contributed by atoms with Crippen LogP contribution in [0.1, 0.15) is 48.0 Å². The third kappa shape index (κ3) is 3.46. The van der Waals surface area contributed by atoms with E-state index in [1.54, 1.807) is 19.1 Å². The van der Waals surface area contributed by atoms with Crippen molar-refractivity contribution < 1.29 is 19.1 Å². The van der Waals surface area contributed by atoms with Crippen LogP contribution in [0, 0.1) is 13.8 Å². The van der Waals surface area contributed by atoms with Gasteiger partial charge >= 0.3 is 5.97 Å². The van der Waals surface area contributed by atoms with Crippen LogP contribution in [-0.2, 0) is 4.74 Å². The van der Waals surface area contributed by atoms with Crippen molar-refractivity contribution in [3.05, 3.63) is 44.9 Å². The highest BCUT2D eigenvalue weighted by molar-refractivity contribution is 7.15. The lowest BCUT2D eigenvalue weighted by atomic mass is 10.2. The Bertz CT molecular complexity index is 711. The van der Waals surface area contributed by atoms with E-state index in [0.717, 1.165) is 22.7 Å². The number of esters is 1. The molecule has 0 unspecified atom stereocenters. The van der Waals surface area contributed by atoms with E-state index in [-0.39, 0.29) is 18.2 Å². The molecule has 0 bridgehead atoms. The predicted octanol–water partition coefficient (Wildman–Crippen LogP) is 2.94. The Morgan fingerprint density at radius 3 is 2.38 bits per heavy atom. The number of ketones is 2. The van der Waals surface area contributed by atoms with Crippen molar-refractivity contribution in [3.63, 3.8) is 0 Å². The Hall–Kier alpha value is -2.21. The van der Waals surface area contributed by atoms with Gasteiger partial charge < -0.3 is 9.72 Å². The molecule has 0 radical (unpaired) electrons. The number of carbonyl (C=O) groups excluding carboxylic acids is 3. The van der Waals surface area contributed by atoms with E-state index in [0.29, 0.717) is 15.3 Å². The molecule has 0 atom stereocenters. The maximum Gasteiger partial charge on any atom is 0.348 e. The Morgan fingerprint density at radius 1 is 1.19 bits per heavy atom. The van der Waals surface area contributed by atoms with Crippen molar-refractivity contribution in [1.29, 1.82) is 0 Å². The molecule has 0 aliphatic carbocycles. The van der Waals surface area contributed by atoms with Gasteiger partial charge in [0.15, 0.2) is 12.4 Å². The molecule has 0 fully saturated rings. The second kappa shape index (κ2) is 6.05. The summed E-state index contributed by atoms with van der Waals surface area (Å²) >= 11 is 1.06. The van der Waals surface area contributed by atoms with E-state index in [9.17, 15) is 14.4 Å². The SMILES string of the molecule is CC(=O)c1ccc(C(=O)OCC(=O)c2cc(C)[nH]c2C)s1. The summed E-state index contributed by atoms with van der Waals surface area (Å²) in [4.78, 5) is 38.8. The lowest BCUT2D eigenvalue weighted by Crippen LogP contribution is -2.13. The van der Waals surface area contributed by atoms with Crippen LogP contribution in [0.15, 0.2) is 18.2 Å². The fourth-order valence-electron chi connectivity index (χ4n) is 1.93. The van der Waals surface area contributed by atoms with Crippen molar-refractivity contribution in [2.75, 3.05) is 6.61 Å². The Kier molecular flexibility index (Phi) is 4.37. The lowest BCUT2D eigenvalue weighted by molar-refractivity contribution is 0.0479. The van der Waals surface area contributed by atoms with Crippen molar-refractivity contribution in [1.82, 2.24) is 4.98 Å². The number of Topliss-reactive ketones (excluding diaryl/α,β-unsaturated/α-hetero) is 2. The number of aromatic nitrogens is 1. The number of hydrogen-bond donors (Lipinski definition) is 1. The van der Waals surface area contributed by atoms with Crippen LogP contribution in [-0.4, -0.2) is 29.1 Å². The standard InChI is InChI=1S/C15H15NO4S/c1-8-6-11(9(2)16-8)12(18)7-20-15(19)14-5-4-13(21-14)10(3)17/h4-6,16H,7H2,1-3H3. The first-order valence-corrected chi connectivity index (χ1v) is 7.17. The second-order valence-electron chi connectivity index (χ2n) is 4.71. The number of aryl methyl sites for hydroxylation is 2. The zero-order valence-corrected chi connectivity index (χ0v) is 12.8. The van der Waals surface area contributed by atoms with Gasteiger partial charge in [0.05, 0.1) is 4.88 Å². The molecule has 2 aromatic heterocycles. The van der Waals surface area contributed by atoms with Crippen LogP contribution in [0.4, 0.5) is 0 Å². The number of hydrogen-bond acceptors (Lipinski definition) is 5. The van der Waals surface area contributed by atoms with Gasteiger partial charge in [0.25, 0.3) is 0 Å². The number of nitrogens with one attached hydrogen (secondary N) is 1. The quantitative estimate of drug-likeness (QED) is 0.680. The highest BCUT2D eigenvalue weighted by Crippen LogP contribution is 2.18. The molecule has 2 aromatic rings. The van der Waals surface area contributed by atoms with Crippen LogP contribution in [0.25, 0.3) is 0 Å². The smallest absolute Gasteiger partial charge is 0.348 e. The second-order valence-corrected chi connectivity index (χ2v) is 5.79. The average molecular weight is 305 g/mol. The highest BCUT2D eigenvalue weighted by atomic mass is 32.1. The molecule has 1 N–H and O–H groups in total. The number of aromatic amines is 1. The third-order valence-corrected chi connectivity index (χ3v) is 4.10. The topological polar surface area (TPSA) is 76.2 Å². The monoisotopic (exact) mass is 305 g/mol. The zero-order chi connectivity index (χ0) is 15.6. The largest absolute Gasteiger partial charge is 0.453 e. The first-order valence-electron chi connectivity index (χ1n) is 6.36. The molecule has 2 heterocycles. The van der Waals surface area contributed by atoms with E-state index in [4.69, 9.17) is 4.74 Å². The third-order valence-electron chi connectivity index (χ3n) is 2.94. The fourth-order valence-corrected chi connectivity index (χ4v) is 2.73. The van der Waals surface area contributed by atoms with E-state index in [1.807, 2.05) is 6.92 Å². The molecule has 0 spiro atoms. The van der Waals surface area contributed by atoms with Crippen LogP contribution >= 0.6 is 11.3 Å². The lowest BCUT2D eigenvalue weighted by Gasteiger charge is -2.02. The molecule has 6 heteroatoms. The summed E-state index contributed by atoms with van der Waals surface area (Å²) in [7, 11) is 0. The van der Waals surface area contributed by atoms with Gasteiger partial charge in [-0.05, 0) is 39.0 Å². The highest BCUT2D eigenvalue weighted by Gasteiger charge is 2.17. The van der Waals surface area contributed by atoms with Crippen molar-refractivity contribution in [3.8, 4) is 0 Å². The molecular weight excluding hydrogens is 290 g/mol. The van der Waals surface area contributed by atoms with Crippen molar-refractivity contribution >= 4 is 28.9 Å². The van der Waals surface area contributed by atoms with Crippen LogP contribution in [0.2, 0.25) is 0 Å². The van der Waals surface area contributed by atoms with E-state index >= 15 is 0 Å². The number of thiophene rings is 1. The molecule has 0 aliphatic rings. The fraction of sp³-hybridized carbons (Fsp3) is 0.267. The average Bonchev–Trinajstić information content (AvgIpc) is 3.02. The molecule has 0 aliphatic heterocycles. The number of ether oxygens (including phenoxy) is 1. The van der Waals surface area contributed by atoms with Gasteiger partial charge in [-0.15, -0.1) is 11.3 Å². The van der Waals surface area contributed by atoms with Gasteiger partial charge in [-0.2, -0.15) is 0 Å². The normalized spacial score (nSPS) is 10.4. The molecule has 0 saturated carbocycles. The van der Waals surface area contributed by atoms with Gasteiger partial charge in [0.2, 0.25) is 5.78 Å². The molecule has 0 aromatic carbocycles. The van der Waals surface area contributed by atoms with E-state index in [2.05, 4.69) is 4.98 Å². The van der Waals surface area contributed by atoms with E-state index < -0.39 is 5.97 Å². The summed E-state index contributed by atoms with van der Waals surface area (Å²) in [6.45, 7) is 4.76. The minimum absolute atomic E-state index is 0.103. The van der Waals surface area contributed by atoms with Crippen LogP contribution < -0.4 is 0 Å². The van der Waals surface area contributed by atoms with Gasteiger partial charge in [0, 0.05) is 17.0 Å². The molecule has 5 nitrogen and oxygen atoms in total. The molecule has 0 saturated heterocycles.